The Morgan fingerprint density at radius 2 is 2.11 bits per heavy atom. The van der Waals surface area contributed by atoms with Crippen molar-refractivity contribution >= 4 is 17.5 Å². The number of halogens is 1. The Bertz CT molecular complexity index is 731. The van der Waals surface area contributed by atoms with Gasteiger partial charge in [0.1, 0.15) is 6.33 Å². The van der Waals surface area contributed by atoms with Crippen LogP contribution >= 0.6 is 11.6 Å². The molecule has 1 aromatic carbocycles. The number of amides is 1. The molecule has 0 unspecified atom stereocenters. The Hall–Kier alpha value is -2.08. The van der Waals surface area contributed by atoms with Crippen LogP contribution in [0.3, 0.4) is 0 Å². The number of hydrogen-bond donors (Lipinski definition) is 1. The average Bonchev–Trinajstić information content (AvgIpc) is 3.11. The van der Waals surface area contributed by atoms with Crippen molar-refractivity contribution in [1.82, 2.24) is 20.1 Å². The van der Waals surface area contributed by atoms with E-state index in [-0.39, 0.29) is 5.91 Å². The molecule has 0 fully saturated rings. The summed E-state index contributed by atoms with van der Waals surface area (Å²) < 4.78 is 7.25. The molecule has 0 bridgehead atoms. The number of nitrogens with one attached hydrogen (secondary N) is 1. The molecule has 1 aromatic heterocycles. The summed E-state index contributed by atoms with van der Waals surface area (Å²) in [6.45, 7) is 7.51. The quantitative estimate of drug-likeness (QED) is 0.582. The smallest absolute Gasteiger partial charge is 0.335 e. The molecule has 0 saturated carbocycles. The van der Waals surface area contributed by atoms with E-state index in [4.69, 9.17) is 16.3 Å². The fraction of sp³-hybridized carbons (Fsp3) is 0.550. The third-order valence-corrected chi connectivity index (χ3v) is 4.49. The van der Waals surface area contributed by atoms with Gasteiger partial charge in [-0.1, -0.05) is 38.4 Å². The highest BCUT2D eigenvalue weighted by molar-refractivity contribution is 6.31. The average molecular weight is 393 g/mol. The minimum Gasteiger partial charge on any atom is -0.462 e. The maximum atomic E-state index is 11.6. The monoisotopic (exact) mass is 392 g/mol. The zero-order valence-corrected chi connectivity index (χ0v) is 17.1. The Kier molecular flexibility index (Phi) is 8.58. The molecule has 0 atom stereocenters. The SMILES string of the molecule is CCc1ccc(-n2cnc(OCCCCCC(=O)NCC(C)C)n2)cc1Cl. The van der Waals surface area contributed by atoms with Crippen LogP contribution in [0.15, 0.2) is 24.5 Å². The molecule has 2 aromatic rings. The summed E-state index contributed by atoms with van der Waals surface area (Å²) in [6.07, 6.45) is 5.73. The zero-order valence-electron chi connectivity index (χ0n) is 16.4. The molecule has 0 aliphatic carbocycles. The van der Waals surface area contributed by atoms with Gasteiger partial charge in [-0.05, 0) is 49.3 Å². The maximum absolute atomic E-state index is 11.6. The van der Waals surface area contributed by atoms with Crippen molar-refractivity contribution in [3.8, 4) is 11.7 Å². The first-order chi connectivity index (χ1) is 13.0. The molecule has 2 rings (SSSR count). The summed E-state index contributed by atoms with van der Waals surface area (Å²) in [5, 5.41) is 7.98. The molecule has 148 valence electrons. The van der Waals surface area contributed by atoms with E-state index in [1.54, 1.807) is 11.0 Å². The van der Waals surface area contributed by atoms with Crippen LogP contribution in [0.25, 0.3) is 5.69 Å². The van der Waals surface area contributed by atoms with Crippen LogP contribution in [0.1, 0.15) is 52.0 Å². The summed E-state index contributed by atoms with van der Waals surface area (Å²) in [5.74, 6) is 0.605. The van der Waals surface area contributed by atoms with Crippen LogP contribution in [0.4, 0.5) is 0 Å². The lowest BCUT2D eigenvalue weighted by Gasteiger charge is -2.07. The van der Waals surface area contributed by atoms with Crippen molar-refractivity contribution in [2.45, 2.75) is 52.9 Å². The number of carbonyl (C=O) groups excluding carboxylic acids is 1. The number of ether oxygens (including phenoxy) is 1. The lowest BCUT2D eigenvalue weighted by atomic mass is 10.1. The predicted octanol–water partition coefficient (Wildman–Crippen LogP) is 4.19. The second-order valence-electron chi connectivity index (χ2n) is 6.96. The van der Waals surface area contributed by atoms with Gasteiger partial charge >= 0.3 is 6.01 Å². The largest absolute Gasteiger partial charge is 0.462 e. The van der Waals surface area contributed by atoms with Crippen LogP contribution in [-0.4, -0.2) is 33.8 Å². The number of unbranched alkanes of at least 4 members (excludes halogenated alkanes) is 2. The van der Waals surface area contributed by atoms with E-state index in [0.717, 1.165) is 48.5 Å². The summed E-state index contributed by atoms with van der Waals surface area (Å²) in [4.78, 5) is 15.8. The van der Waals surface area contributed by atoms with Gasteiger partial charge in [-0.3, -0.25) is 4.79 Å². The van der Waals surface area contributed by atoms with Gasteiger partial charge in [0.15, 0.2) is 0 Å². The molecule has 0 spiro atoms. The number of benzene rings is 1. The van der Waals surface area contributed by atoms with Gasteiger partial charge in [-0.15, -0.1) is 5.10 Å². The number of nitrogens with zero attached hydrogens (tertiary/aromatic N) is 3. The zero-order chi connectivity index (χ0) is 19.6. The van der Waals surface area contributed by atoms with E-state index < -0.39 is 0 Å². The molecule has 27 heavy (non-hydrogen) atoms. The highest BCUT2D eigenvalue weighted by atomic mass is 35.5. The number of aryl methyl sites for hydroxylation is 1. The number of carbonyl (C=O) groups is 1. The molecule has 0 saturated heterocycles. The van der Waals surface area contributed by atoms with E-state index >= 15 is 0 Å². The Balaban J connectivity index is 1.68. The lowest BCUT2D eigenvalue weighted by molar-refractivity contribution is -0.121. The number of aromatic nitrogens is 3. The molecule has 7 heteroatoms. The van der Waals surface area contributed by atoms with Crippen molar-refractivity contribution in [1.29, 1.82) is 0 Å². The fourth-order valence-corrected chi connectivity index (χ4v) is 2.85. The van der Waals surface area contributed by atoms with Crippen molar-refractivity contribution in [2.75, 3.05) is 13.2 Å². The normalized spacial score (nSPS) is 11.0. The summed E-state index contributed by atoms with van der Waals surface area (Å²) >= 11 is 6.25. The van der Waals surface area contributed by atoms with E-state index in [1.807, 2.05) is 18.2 Å². The Morgan fingerprint density at radius 1 is 1.30 bits per heavy atom. The predicted molar refractivity (Wildman–Crippen MR) is 108 cm³/mol. The van der Waals surface area contributed by atoms with Crippen LogP contribution in [0.2, 0.25) is 5.02 Å². The topological polar surface area (TPSA) is 69.0 Å². The van der Waals surface area contributed by atoms with Gasteiger partial charge in [-0.25, -0.2) is 4.68 Å². The first-order valence-corrected chi connectivity index (χ1v) is 9.97. The minimum atomic E-state index is 0.123. The number of rotatable bonds is 11. The summed E-state index contributed by atoms with van der Waals surface area (Å²) in [5.41, 5.74) is 1.96. The minimum absolute atomic E-state index is 0.123. The third kappa shape index (κ3) is 7.21. The van der Waals surface area contributed by atoms with Gasteiger partial charge in [0.05, 0.1) is 12.3 Å². The second kappa shape index (κ2) is 10.9. The molecule has 0 aliphatic rings. The van der Waals surface area contributed by atoms with Gasteiger partial charge in [-0.2, -0.15) is 4.98 Å². The van der Waals surface area contributed by atoms with Gasteiger partial charge in [0.25, 0.3) is 0 Å². The highest BCUT2D eigenvalue weighted by Gasteiger charge is 2.07. The first kappa shape index (κ1) is 21.2. The van der Waals surface area contributed by atoms with Crippen LogP contribution in [0.5, 0.6) is 6.01 Å². The first-order valence-electron chi connectivity index (χ1n) is 9.59. The molecule has 1 amide bonds. The third-order valence-electron chi connectivity index (χ3n) is 4.14. The molecular formula is C20H29ClN4O2. The molecule has 0 radical (unpaired) electrons. The van der Waals surface area contributed by atoms with Crippen LogP contribution in [-0.2, 0) is 11.2 Å². The van der Waals surface area contributed by atoms with Gasteiger partial charge in [0.2, 0.25) is 5.91 Å². The molecular weight excluding hydrogens is 364 g/mol. The molecule has 6 nitrogen and oxygen atoms in total. The van der Waals surface area contributed by atoms with Crippen LogP contribution < -0.4 is 10.1 Å². The summed E-state index contributed by atoms with van der Waals surface area (Å²) in [7, 11) is 0. The standard InChI is InChI=1S/C20H29ClN4O2/c1-4-16-9-10-17(12-18(16)21)25-14-23-20(24-25)27-11-7-5-6-8-19(26)22-13-15(2)3/h9-10,12,14-15H,4-8,11,13H2,1-3H3,(H,22,26). The van der Waals surface area contributed by atoms with Crippen LogP contribution in [0, 0.1) is 5.92 Å². The Morgan fingerprint density at radius 3 is 2.81 bits per heavy atom. The highest BCUT2D eigenvalue weighted by Crippen LogP contribution is 2.20. The molecule has 1 N–H and O–H groups in total. The van der Waals surface area contributed by atoms with Crippen molar-refractivity contribution in [2.24, 2.45) is 5.92 Å². The van der Waals surface area contributed by atoms with E-state index in [0.29, 0.717) is 25.0 Å². The van der Waals surface area contributed by atoms with Gasteiger partial charge < -0.3 is 10.1 Å². The van der Waals surface area contributed by atoms with Crippen molar-refractivity contribution < 1.29 is 9.53 Å². The van der Waals surface area contributed by atoms with Crippen molar-refractivity contribution in [3.05, 3.63) is 35.1 Å². The van der Waals surface area contributed by atoms with E-state index in [1.165, 1.54) is 0 Å². The number of hydrogen-bond acceptors (Lipinski definition) is 4. The van der Waals surface area contributed by atoms with E-state index in [9.17, 15) is 4.79 Å². The maximum Gasteiger partial charge on any atom is 0.335 e. The second-order valence-corrected chi connectivity index (χ2v) is 7.37. The lowest BCUT2D eigenvalue weighted by Crippen LogP contribution is -2.26. The molecule has 0 aliphatic heterocycles. The fourth-order valence-electron chi connectivity index (χ4n) is 2.54. The molecule has 1 heterocycles. The van der Waals surface area contributed by atoms with Gasteiger partial charge in [0, 0.05) is 18.0 Å². The summed E-state index contributed by atoms with van der Waals surface area (Å²) in [6, 6.07) is 6.19. The van der Waals surface area contributed by atoms with E-state index in [2.05, 4.69) is 36.2 Å². The van der Waals surface area contributed by atoms with Crippen molar-refractivity contribution in [3.63, 3.8) is 0 Å². The Labute approximate surface area is 166 Å².